The number of rotatable bonds is 2. The van der Waals surface area contributed by atoms with Crippen LogP contribution >= 0.6 is 0 Å². The van der Waals surface area contributed by atoms with Crippen LogP contribution in [-0.2, 0) is 10.0 Å². The van der Waals surface area contributed by atoms with Gasteiger partial charge in [-0.2, -0.15) is 0 Å². The van der Waals surface area contributed by atoms with Gasteiger partial charge in [0.1, 0.15) is 0 Å². The highest BCUT2D eigenvalue weighted by Gasteiger charge is 2.23. The zero-order valence-electron chi connectivity index (χ0n) is 8.68. The monoisotopic (exact) mass is 242 g/mol. The average molecular weight is 242 g/mol. The standard InChI is InChI=1S/C9H14N4O2S/c10-16(14,15)9-7(2-1-3-13-9)8-6-11-4-5-12-8/h1-3,8,11-12H,4-6H2,(H2,10,14,15). The lowest BCUT2D eigenvalue weighted by atomic mass is 10.1. The minimum absolute atomic E-state index is 0.0452. The average Bonchev–Trinajstić information content (AvgIpc) is 2.29. The minimum atomic E-state index is -3.76. The first-order valence-corrected chi connectivity index (χ1v) is 6.55. The summed E-state index contributed by atoms with van der Waals surface area (Å²) >= 11 is 0. The second kappa shape index (κ2) is 4.46. The molecule has 1 aromatic heterocycles. The molecule has 0 spiro atoms. The number of nitrogens with two attached hydrogens (primary N) is 1. The van der Waals surface area contributed by atoms with Crippen LogP contribution in [0.1, 0.15) is 11.6 Å². The molecule has 0 aromatic carbocycles. The van der Waals surface area contributed by atoms with Crippen LogP contribution in [0.4, 0.5) is 0 Å². The van der Waals surface area contributed by atoms with Crippen molar-refractivity contribution < 1.29 is 8.42 Å². The molecule has 4 N–H and O–H groups in total. The lowest BCUT2D eigenvalue weighted by Gasteiger charge is -2.25. The molecule has 88 valence electrons. The second-order valence-corrected chi connectivity index (χ2v) is 5.13. The van der Waals surface area contributed by atoms with E-state index in [0.717, 1.165) is 13.1 Å². The normalized spacial score (nSPS) is 21.9. The highest BCUT2D eigenvalue weighted by atomic mass is 32.2. The number of sulfonamides is 1. The summed E-state index contributed by atoms with van der Waals surface area (Å²) in [5.74, 6) is 0. The number of hydrogen-bond acceptors (Lipinski definition) is 5. The first kappa shape index (κ1) is 11.5. The fourth-order valence-corrected chi connectivity index (χ4v) is 2.53. The molecule has 1 aromatic rings. The third-order valence-corrected chi connectivity index (χ3v) is 3.37. The predicted octanol–water partition coefficient (Wildman–Crippen LogP) is -1.04. The second-order valence-electron chi connectivity index (χ2n) is 3.65. The van der Waals surface area contributed by atoms with Gasteiger partial charge in [0, 0.05) is 37.4 Å². The van der Waals surface area contributed by atoms with E-state index in [1.807, 2.05) is 0 Å². The fourth-order valence-electron chi connectivity index (χ4n) is 1.78. The van der Waals surface area contributed by atoms with Crippen molar-refractivity contribution >= 4 is 10.0 Å². The molecular weight excluding hydrogens is 228 g/mol. The van der Waals surface area contributed by atoms with Crippen molar-refractivity contribution in [2.24, 2.45) is 5.14 Å². The van der Waals surface area contributed by atoms with Crippen LogP contribution < -0.4 is 15.8 Å². The van der Waals surface area contributed by atoms with E-state index in [1.54, 1.807) is 12.1 Å². The fraction of sp³-hybridized carbons (Fsp3) is 0.444. The van der Waals surface area contributed by atoms with Crippen LogP contribution in [0.25, 0.3) is 0 Å². The van der Waals surface area contributed by atoms with E-state index in [4.69, 9.17) is 5.14 Å². The highest BCUT2D eigenvalue weighted by Crippen LogP contribution is 2.19. The van der Waals surface area contributed by atoms with Crippen molar-refractivity contribution in [3.8, 4) is 0 Å². The Balaban J connectivity index is 2.40. The van der Waals surface area contributed by atoms with Gasteiger partial charge in [0.15, 0.2) is 5.03 Å². The predicted molar refractivity (Wildman–Crippen MR) is 59.2 cm³/mol. The van der Waals surface area contributed by atoms with Crippen LogP contribution in [0, 0.1) is 0 Å². The summed E-state index contributed by atoms with van der Waals surface area (Å²) in [7, 11) is -3.76. The Morgan fingerprint density at radius 2 is 2.25 bits per heavy atom. The molecule has 6 nitrogen and oxygen atoms in total. The molecule has 0 radical (unpaired) electrons. The van der Waals surface area contributed by atoms with E-state index in [2.05, 4.69) is 15.6 Å². The van der Waals surface area contributed by atoms with Crippen molar-refractivity contribution in [2.75, 3.05) is 19.6 Å². The summed E-state index contributed by atoms with van der Waals surface area (Å²) in [5, 5.41) is 11.5. The van der Waals surface area contributed by atoms with Gasteiger partial charge < -0.3 is 10.6 Å². The molecule has 1 unspecified atom stereocenters. The van der Waals surface area contributed by atoms with Gasteiger partial charge in [-0.3, -0.25) is 0 Å². The third-order valence-electron chi connectivity index (χ3n) is 2.49. The molecule has 1 atom stereocenters. The minimum Gasteiger partial charge on any atom is -0.314 e. The number of aromatic nitrogens is 1. The largest absolute Gasteiger partial charge is 0.314 e. The van der Waals surface area contributed by atoms with Gasteiger partial charge in [0.25, 0.3) is 10.0 Å². The smallest absolute Gasteiger partial charge is 0.255 e. The summed E-state index contributed by atoms with van der Waals surface area (Å²) in [6.07, 6.45) is 1.43. The zero-order chi connectivity index (χ0) is 11.6. The number of nitrogens with zero attached hydrogens (tertiary/aromatic N) is 1. The summed E-state index contributed by atoms with van der Waals surface area (Å²) in [6, 6.07) is 3.38. The molecule has 16 heavy (non-hydrogen) atoms. The molecule has 7 heteroatoms. The molecule has 0 saturated carbocycles. The van der Waals surface area contributed by atoms with E-state index in [9.17, 15) is 8.42 Å². The van der Waals surface area contributed by atoms with Crippen molar-refractivity contribution in [3.05, 3.63) is 23.9 Å². The van der Waals surface area contributed by atoms with Crippen molar-refractivity contribution in [3.63, 3.8) is 0 Å². The molecule has 1 fully saturated rings. The Hall–Kier alpha value is -1.02. The first-order valence-electron chi connectivity index (χ1n) is 5.01. The molecule has 0 amide bonds. The molecule has 1 aliphatic rings. The van der Waals surface area contributed by atoms with Crippen molar-refractivity contribution in [2.45, 2.75) is 11.1 Å². The van der Waals surface area contributed by atoms with Crippen LogP contribution in [0.2, 0.25) is 0 Å². The van der Waals surface area contributed by atoms with Gasteiger partial charge >= 0.3 is 0 Å². The van der Waals surface area contributed by atoms with Gasteiger partial charge in [-0.1, -0.05) is 6.07 Å². The van der Waals surface area contributed by atoms with Gasteiger partial charge in [0.2, 0.25) is 0 Å². The van der Waals surface area contributed by atoms with Crippen molar-refractivity contribution in [1.82, 2.24) is 15.6 Å². The first-order chi connectivity index (χ1) is 7.59. The third kappa shape index (κ3) is 2.38. The Bertz CT molecular complexity index is 468. The number of pyridine rings is 1. The summed E-state index contributed by atoms with van der Waals surface area (Å²) in [4.78, 5) is 3.84. The van der Waals surface area contributed by atoms with Crippen molar-refractivity contribution in [1.29, 1.82) is 0 Å². The van der Waals surface area contributed by atoms with E-state index >= 15 is 0 Å². The highest BCUT2D eigenvalue weighted by molar-refractivity contribution is 7.89. The number of primary sulfonamides is 1. The molecule has 1 aliphatic heterocycles. The maximum atomic E-state index is 11.4. The Morgan fingerprint density at radius 3 is 2.88 bits per heavy atom. The molecular formula is C9H14N4O2S. The van der Waals surface area contributed by atoms with E-state index in [1.165, 1.54) is 6.20 Å². The molecule has 0 aliphatic carbocycles. The lowest BCUT2D eigenvalue weighted by molar-refractivity contribution is 0.423. The van der Waals surface area contributed by atoms with E-state index < -0.39 is 10.0 Å². The van der Waals surface area contributed by atoms with Gasteiger partial charge in [-0.15, -0.1) is 0 Å². The topological polar surface area (TPSA) is 97.1 Å². The van der Waals surface area contributed by atoms with Gasteiger partial charge in [0.05, 0.1) is 0 Å². The quantitative estimate of drug-likeness (QED) is 0.615. The summed E-state index contributed by atoms with van der Waals surface area (Å²) < 4.78 is 22.7. The van der Waals surface area contributed by atoms with E-state index in [0.29, 0.717) is 12.1 Å². The SMILES string of the molecule is NS(=O)(=O)c1ncccc1C1CNCCN1. The maximum Gasteiger partial charge on any atom is 0.255 e. The Labute approximate surface area is 94.3 Å². The number of piperazine rings is 1. The molecule has 0 bridgehead atoms. The Kier molecular flexibility index (Phi) is 3.20. The summed E-state index contributed by atoms with van der Waals surface area (Å²) in [6.45, 7) is 2.35. The van der Waals surface area contributed by atoms with Gasteiger partial charge in [-0.05, 0) is 6.07 Å². The van der Waals surface area contributed by atoms with Crippen LogP contribution in [0.15, 0.2) is 23.4 Å². The lowest BCUT2D eigenvalue weighted by Crippen LogP contribution is -2.43. The van der Waals surface area contributed by atoms with Crippen LogP contribution in [0.5, 0.6) is 0 Å². The van der Waals surface area contributed by atoms with Crippen LogP contribution in [0.3, 0.4) is 0 Å². The Morgan fingerprint density at radius 1 is 1.44 bits per heavy atom. The molecule has 2 rings (SSSR count). The van der Waals surface area contributed by atoms with Gasteiger partial charge in [-0.25, -0.2) is 18.5 Å². The number of hydrogen-bond donors (Lipinski definition) is 3. The maximum absolute atomic E-state index is 11.4. The zero-order valence-corrected chi connectivity index (χ0v) is 9.50. The summed E-state index contributed by atoms with van der Waals surface area (Å²) in [5.41, 5.74) is 0.622. The number of nitrogens with one attached hydrogen (secondary N) is 2. The molecule has 1 saturated heterocycles. The van der Waals surface area contributed by atoms with Crippen LogP contribution in [-0.4, -0.2) is 33.0 Å². The van der Waals surface area contributed by atoms with E-state index in [-0.39, 0.29) is 11.1 Å². The molecule has 2 heterocycles.